The molecule has 4 heteroatoms. The SMILES string of the molecule is Cc1ccc(N2CC(C)CN(C)C(CO)C2)cc1Br. The maximum atomic E-state index is 9.56. The molecule has 3 nitrogen and oxygen atoms in total. The fourth-order valence-corrected chi connectivity index (χ4v) is 3.10. The Bertz CT molecular complexity index is 438. The zero-order chi connectivity index (χ0) is 14.0. The average molecular weight is 327 g/mol. The van der Waals surface area contributed by atoms with Crippen molar-refractivity contribution >= 4 is 21.6 Å². The Hall–Kier alpha value is -0.580. The van der Waals surface area contributed by atoms with Gasteiger partial charge in [0.2, 0.25) is 0 Å². The highest BCUT2D eigenvalue weighted by molar-refractivity contribution is 9.10. The molecule has 0 aliphatic carbocycles. The molecule has 1 aliphatic rings. The Labute approximate surface area is 124 Å². The molecule has 0 saturated carbocycles. The largest absolute Gasteiger partial charge is 0.395 e. The summed E-state index contributed by atoms with van der Waals surface area (Å²) in [6.07, 6.45) is 0. The molecule has 1 N–H and O–H groups in total. The molecule has 0 bridgehead atoms. The number of benzene rings is 1. The first kappa shape index (κ1) is 14.8. The van der Waals surface area contributed by atoms with Crippen LogP contribution in [-0.2, 0) is 0 Å². The smallest absolute Gasteiger partial charge is 0.0604 e. The van der Waals surface area contributed by atoms with Gasteiger partial charge in [0, 0.05) is 35.8 Å². The average Bonchev–Trinajstić information content (AvgIpc) is 2.51. The first-order valence-electron chi connectivity index (χ1n) is 6.83. The summed E-state index contributed by atoms with van der Waals surface area (Å²) in [5.74, 6) is 0.599. The highest BCUT2D eigenvalue weighted by Gasteiger charge is 2.25. The van der Waals surface area contributed by atoms with E-state index in [2.05, 4.69) is 64.8 Å². The lowest BCUT2D eigenvalue weighted by atomic mass is 10.1. The Morgan fingerprint density at radius 1 is 1.32 bits per heavy atom. The van der Waals surface area contributed by atoms with E-state index in [0.29, 0.717) is 5.92 Å². The quantitative estimate of drug-likeness (QED) is 0.904. The van der Waals surface area contributed by atoms with Crippen molar-refractivity contribution in [3.63, 3.8) is 0 Å². The minimum Gasteiger partial charge on any atom is -0.395 e. The number of hydrogen-bond acceptors (Lipinski definition) is 3. The van der Waals surface area contributed by atoms with E-state index in [4.69, 9.17) is 0 Å². The normalized spacial score (nSPS) is 25.4. The van der Waals surface area contributed by atoms with Crippen LogP contribution in [0.15, 0.2) is 22.7 Å². The summed E-state index contributed by atoms with van der Waals surface area (Å²) < 4.78 is 1.15. The van der Waals surface area contributed by atoms with Gasteiger partial charge in [-0.15, -0.1) is 0 Å². The third-order valence-electron chi connectivity index (χ3n) is 3.92. The predicted octanol–water partition coefficient (Wildman–Crippen LogP) is 2.51. The van der Waals surface area contributed by atoms with Gasteiger partial charge in [0.1, 0.15) is 0 Å². The molecule has 2 atom stereocenters. The van der Waals surface area contributed by atoms with Crippen molar-refractivity contribution in [1.29, 1.82) is 0 Å². The number of aliphatic hydroxyl groups is 1. The lowest BCUT2D eigenvalue weighted by Crippen LogP contribution is -2.41. The maximum Gasteiger partial charge on any atom is 0.0604 e. The van der Waals surface area contributed by atoms with Crippen LogP contribution < -0.4 is 4.90 Å². The standard InChI is InChI=1S/C15H23BrN2O/c1-11-7-17(3)14(10-19)9-18(8-11)13-5-4-12(2)15(16)6-13/h4-6,11,14,19H,7-10H2,1-3H3. The molecule has 1 saturated heterocycles. The number of aliphatic hydroxyl groups excluding tert-OH is 1. The van der Waals surface area contributed by atoms with Crippen molar-refractivity contribution in [3.8, 4) is 0 Å². The van der Waals surface area contributed by atoms with E-state index in [-0.39, 0.29) is 12.6 Å². The van der Waals surface area contributed by atoms with Gasteiger partial charge in [-0.3, -0.25) is 4.90 Å². The van der Waals surface area contributed by atoms with Crippen molar-refractivity contribution in [1.82, 2.24) is 4.90 Å². The van der Waals surface area contributed by atoms with Gasteiger partial charge in [0.25, 0.3) is 0 Å². The summed E-state index contributed by atoms with van der Waals surface area (Å²) in [6.45, 7) is 7.54. The minimum atomic E-state index is 0.213. The van der Waals surface area contributed by atoms with Crippen molar-refractivity contribution < 1.29 is 5.11 Å². The molecule has 0 amide bonds. The van der Waals surface area contributed by atoms with Crippen LogP contribution in [-0.4, -0.2) is 49.3 Å². The predicted molar refractivity (Wildman–Crippen MR) is 83.8 cm³/mol. The van der Waals surface area contributed by atoms with Crippen LogP contribution >= 0.6 is 15.9 Å². The van der Waals surface area contributed by atoms with Gasteiger partial charge in [0.05, 0.1) is 6.61 Å². The summed E-state index contributed by atoms with van der Waals surface area (Å²) >= 11 is 3.60. The Morgan fingerprint density at radius 2 is 2.05 bits per heavy atom. The summed E-state index contributed by atoms with van der Waals surface area (Å²) in [5, 5.41) is 9.56. The molecular formula is C15H23BrN2O. The van der Waals surface area contributed by atoms with Crippen LogP contribution in [0, 0.1) is 12.8 Å². The molecule has 1 heterocycles. The summed E-state index contributed by atoms with van der Waals surface area (Å²) in [5.41, 5.74) is 2.49. The van der Waals surface area contributed by atoms with Crippen LogP contribution in [0.2, 0.25) is 0 Å². The molecular weight excluding hydrogens is 304 g/mol. The van der Waals surface area contributed by atoms with E-state index in [1.54, 1.807) is 0 Å². The Morgan fingerprint density at radius 3 is 2.68 bits per heavy atom. The number of likely N-dealkylation sites (N-methyl/N-ethyl adjacent to an activating group) is 1. The van der Waals surface area contributed by atoms with Crippen molar-refractivity contribution in [2.75, 3.05) is 38.2 Å². The monoisotopic (exact) mass is 326 g/mol. The van der Waals surface area contributed by atoms with Crippen molar-refractivity contribution in [2.24, 2.45) is 5.92 Å². The molecule has 1 aliphatic heterocycles. The lowest BCUT2D eigenvalue weighted by molar-refractivity contribution is 0.151. The fraction of sp³-hybridized carbons (Fsp3) is 0.600. The van der Waals surface area contributed by atoms with Gasteiger partial charge in [-0.2, -0.15) is 0 Å². The zero-order valence-corrected chi connectivity index (χ0v) is 13.5. The molecule has 2 unspecified atom stereocenters. The van der Waals surface area contributed by atoms with Crippen molar-refractivity contribution in [2.45, 2.75) is 19.9 Å². The lowest BCUT2D eigenvalue weighted by Gasteiger charge is -2.29. The number of rotatable bonds is 2. The fourth-order valence-electron chi connectivity index (χ4n) is 2.73. The van der Waals surface area contributed by atoms with Crippen LogP contribution in [0.1, 0.15) is 12.5 Å². The van der Waals surface area contributed by atoms with E-state index >= 15 is 0 Å². The maximum absolute atomic E-state index is 9.56. The molecule has 106 valence electrons. The molecule has 2 rings (SSSR count). The van der Waals surface area contributed by atoms with Crippen LogP contribution in [0.3, 0.4) is 0 Å². The van der Waals surface area contributed by atoms with Gasteiger partial charge in [-0.05, 0) is 37.6 Å². The number of aryl methyl sites for hydroxylation is 1. The van der Waals surface area contributed by atoms with Crippen LogP contribution in [0.4, 0.5) is 5.69 Å². The number of nitrogens with zero attached hydrogens (tertiary/aromatic N) is 2. The molecule has 1 aromatic carbocycles. The Balaban J connectivity index is 2.23. The van der Waals surface area contributed by atoms with Gasteiger partial charge in [-0.1, -0.05) is 28.9 Å². The molecule has 1 aromatic rings. The first-order valence-corrected chi connectivity index (χ1v) is 7.62. The van der Waals surface area contributed by atoms with Crippen LogP contribution in [0.25, 0.3) is 0 Å². The first-order chi connectivity index (χ1) is 9.01. The topological polar surface area (TPSA) is 26.7 Å². The van der Waals surface area contributed by atoms with Gasteiger partial charge >= 0.3 is 0 Å². The third kappa shape index (κ3) is 3.50. The second-order valence-corrected chi connectivity index (χ2v) is 6.57. The van der Waals surface area contributed by atoms with Gasteiger partial charge in [-0.25, -0.2) is 0 Å². The molecule has 0 radical (unpaired) electrons. The van der Waals surface area contributed by atoms with E-state index < -0.39 is 0 Å². The van der Waals surface area contributed by atoms with Gasteiger partial charge in [0.15, 0.2) is 0 Å². The molecule has 0 spiro atoms. The summed E-state index contributed by atoms with van der Waals surface area (Å²) in [4.78, 5) is 4.66. The minimum absolute atomic E-state index is 0.213. The number of halogens is 1. The van der Waals surface area contributed by atoms with E-state index in [1.165, 1.54) is 11.3 Å². The molecule has 19 heavy (non-hydrogen) atoms. The second-order valence-electron chi connectivity index (χ2n) is 5.72. The summed E-state index contributed by atoms with van der Waals surface area (Å²) in [6, 6.07) is 6.71. The highest BCUT2D eigenvalue weighted by atomic mass is 79.9. The molecule has 0 aromatic heterocycles. The van der Waals surface area contributed by atoms with E-state index in [0.717, 1.165) is 24.1 Å². The number of anilines is 1. The third-order valence-corrected chi connectivity index (χ3v) is 4.77. The Kier molecular flexibility index (Phi) is 4.87. The zero-order valence-electron chi connectivity index (χ0n) is 11.9. The highest BCUT2D eigenvalue weighted by Crippen LogP contribution is 2.26. The van der Waals surface area contributed by atoms with Crippen LogP contribution in [0.5, 0.6) is 0 Å². The second kappa shape index (κ2) is 6.25. The summed E-state index contributed by atoms with van der Waals surface area (Å²) in [7, 11) is 2.10. The molecule has 1 fully saturated rings. The van der Waals surface area contributed by atoms with Crippen molar-refractivity contribution in [3.05, 3.63) is 28.2 Å². The van der Waals surface area contributed by atoms with E-state index in [1.807, 2.05) is 0 Å². The number of hydrogen-bond donors (Lipinski definition) is 1. The van der Waals surface area contributed by atoms with Gasteiger partial charge < -0.3 is 10.0 Å². The van der Waals surface area contributed by atoms with E-state index in [9.17, 15) is 5.11 Å².